The first kappa shape index (κ1) is 15.7. The van der Waals surface area contributed by atoms with Crippen molar-refractivity contribution in [3.63, 3.8) is 0 Å². The van der Waals surface area contributed by atoms with Crippen LogP contribution in [0, 0.1) is 19.8 Å². The van der Waals surface area contributed by atoms with E-state index in [1.807, 2.05) is 44.3 Å². The van der Waals surface area contributed by atoms with Crippen molar-refractivity contribution in [1.82, 2.24) is 10.3 Å². The Morgan fingerprint density at radius 2 is 1.96 bits per heavy atom. The molecule has 0 spiro atoms. The van der Waals surface area contributed by atoms with Gasteiger partial charge in [-0.05, 0) is 61.4 Å². The van der Waals surface area contributed by atoms with Gasteiger partial charge < -0.3 is 5.32 Å². The van der Waals surface area contributed by atoms with Gasteiger partial charge >= 0.3 is 0 Å². The summed E-state index contributed by atoms with van der Waals surface area (Å²) in [6.07, 6.45) is 8.51. The third kappa shape index (κ3) is 3.44. The Morgan fingerprint density at radius 1 is 1.17 bits per heavy atom. The number of hydrogen-bond donors (Lipinski definition) is 1. The van der Waals surface area contributed by atoms with Crippen molar-refractivity contribution in [1.29, 1.82) is 0 Å². The molecule has 1 N–H and O–H groups in total. The summed E-state index contributed by atoms with van der Waals surface area (Å²) in [4.78, 5) is 17.1. The van der Waals surface area contributed by atoms with E-state index in [4.69, 9.17) is 0 Å². The summed E-state index contributed by atoms with van der Waals surface area (Å²) in [5, 5.41) is 3.28. The van der Waals surface area contributed by atoms with Crippen LogP contribution in [0.4, 0.5) is 0 Å². The van der Waals surface area contributed by atoms with Crippen LogP contribution >= 0.6 is 0 Å². The Hall–Kier alpha value is -2.16. The van der Waals surface area contributed by atoms with Gasteiger partial charge in [0.1, 0.15) is 0 Å². The molecule has 1 atom stereocenters. The van der Waals surface area contributed by atoms with Crippen molar-refractivity contribution in [3.05, 3.63) is 65.0 Å². The fourth-order valence-corrected chi connectivity index (χ4v) is 3.54. The number of nitrogens with one attached hydrogen (secondary N) is 1. The molecule has 1 unspecified atom stereocenters. The van der Waals surface area contributed by atoms with Gasteiger partial charge in [-0.1, -0.05) is 31.0 Å². The minimum absolute atomic E-state index is 0.0203. The lowest BCUT2D eigenvalue weighted by Crippen LogP contribution is -2.33. The van der Waals surface area contributed by atoms with Crippen molar-refractivity contribution in [2.24, 2.45) is 5.92 Å². The minimum atomic E-state index is 0.0203. The van der Waals surface area contributed by atoms with Crippen molar-refractivity contribution in [2.45, 2.75) is 45.6 Å². The number of amides is 1. The molecular weight excluding hydrogens is 284 g/mol. The largest absolute Gasteiger partial charge is 0.345 e. The second-order valence-electron chi connectivity index (χ2n) is 6.53. The quantitative estimate of drug-likeness (QED) is 0.912. The zero-order chi connectivity index (χ0) is 16.2. The highest BCUT2D eigenvalue weighted by atomic mass is 16.1. The fourth-order valence-electron chi connectivity index (χ4n) is 3.54. The molecule has 0 radical (unpaired) electrons. The second-order valence-corrected chi connectivity index (χ2v) is 6.53. The van der Waals surface area contributed by atoms with Crippen LogP contribution in [-0.2, 0) is 0 Å². The third-order valence-corrected chi connectivity index (χ3v) is 5.05. The lowest BCUT2D eigenvalue weighted by atomic mass is 9.92. The van der Waals surface area contributed by atoms with Gasteiger partial charge in [0, 0.05) is 18.0 Å². The Kier molecular flexibility index (Phi) is 4.75. The van der Waals surface area contributed by atoms with E-state index in [1.165, 1.54) is 25.7 Å². The minimum Gasteiger partial charge on any atom is -0.345 e. The standard InChI is InChI=1S/C20H24N2O/c1-14-7-5-11-18(15(14)2)20(23)22-19(16-8-3-4-9-16)17-10-6-12-21-13-17/h5-7,10-13,16,19H,3-4,8-9H2,1-2H3,(H,22,23). The lowest BCUT2D eigenvalue weighted by Gasteiger charge is -2.25. The van der Waals surface area contributed by atoms with E-state index in [-0.39, 0.29) is 11.9 Å². The Balaban J connectivity index is 1.86. The monoisotopic (exact) mass is 308 g/mol. The molecule has 1 aliphatic rings. The van der Waals surface area contributed by atoms with E-state index in [2.05, 4.69) is 16.4 Å². The maximum absolute atomic E-state index is 12.8. The van der Waals surface area contributed by atoms with E-state index in [0.717, 1.165) is 22.3 Å². The number of aromatic nitrogens is 1. The van der Waals surface area contributed by atoms with Crippen molar-refractivity contribution < 1.29 is 4.79 Å². The van der Waals surface area contributed by atoms with Crippen molar-refractivity contribution in [3.8, 4) is 0 Å². The van der Waals surface area contributed by atoms with Crippen molar-refractivity contribution >= 4 is 5.91 Å². The zero-order valence-corrected chi connectivity index (χ0v) is 13.9. The van der Waals surface area contributed by atoms with Crippen LogP contribution in [0.25, 0.3) is 0 Å². The number of carbonyl (C=O) groups excluding carboxylic acids is 1. The molecule has 3 nitrogen and oxygen atoms in total. The summed E-state index contributed by atoms with van der Waals surface area (Å²) < 4.78 is 0. The van der Waals surface area contributed by atoms with Crippen molar-refractivity contribution in [2.75, 3.05) is 0 Å². The first-order valence-corrected chi connectivity index (χ1v) is 8.44. The van der Waals surface area contributed by atoms with Gasteiger partial charge in [0.05, 0.1) is 6.04 Å². The van der Waals surface area contributed by atoms with Gasteiger partial charge in [0.25, 0.3) is 5.91 Å². The van der Waals surface area contributed by atoms with E-state index < -0.39 is 0 Å². The molecule has 0 bridgehead atoms. The topological polar surface area (TPSA) is 42.0 Å². The van der Waals surface area contributed by atoms with Crippen LogP contribution in [0.2, 0.25) is 0 Å². The first-order valence-electron chi connectivity index (χ1n) is 8.44. The molecule has 23 heavy (non-hydrogen) atoms. The van der Waals surface area contributed by atoms with Crippen LogP contribution in [0.3, 0.4) is 0 Å². The highest BCUT2D eigenvalue weighted by Gasteiger charge is 2.28. The number of hydrogen-bond acceptors (Lipinski definition) is 2. The summed E-state index contributed by atoms with van der Waals surface area (Å²) in [5.41, 5.74) is 4.09. The number of pyridine rings is 1. The molecule has 0 saturated heterocycles. The predicted molar refractivity (Wildman–Crippen MR) is 92.3 cm³/mol. The Labute approximate surface area is 138 Å². The number of rotatable bonds is 4. The maximum Gasteiger partial charge on any atom is 0.252 e. The highest BCUT2D eigenvalue weighted by molar-refractivity contribution is 5.96. The van der Waals surface area contributed by atoms with E-state index >= 15 is 0 Å². The van der Waals surface area contributed by atoms with Gasteiger partial charge in [-0.25, -0.2) is 0 Å². The van der Waals surface area contributed by atoms with Crippen LogP contribution < -0.4 is 5.32 Å². The third-order valence-electron chi connectivity index (χ3n) is 5.05. The molecule has 1 heterocycles. The average molecular weight is 308 g/mol. The first-order chi connectivity index (χ1) is 11.2. The average Bonchev–Trinajstić information content (AvgIpc) is 3.10. The molecule has 1 fully saturated rings. The molecule has 1 amide bonds. The smallest absolute Gasteiger partial charge is 0.252 e. The highest BCUT2D eigenvalue weighted by Crippen LogP contribution is 2.35. The molecule has 1 aliphatic carbocycles. The lowest BCUT2D eigenvalue weighted by molar-refractivity contribution is 0.0921. The van der Waals surface area contributed by atoms with Gasteiger partial charge in [0.2, 0.25) is 0 Å². The normalized spacial score (nSPS) is 16.3. The molecule has 3 heteroatoms. The van der Waals surface area contributed by atoms with E-state index in [0.29, 0.717) is 5.92 Å². The SMILES string of the molecule is Cc1cccc(C(=O)NC(c2cccnc2)C2CCCC2)c1C. The molecule has 2 aromatic rings. The summed E-state index contributed by atoms with van der Waals surface area (Å²) in [5.74, 6) is 0.528. The van der Waals surface area contributed by atoms with Crippen LogP contribution in [0.1, 0.15) is 58.8 Å². The number of benzene rings is 1. The fraction of sp³-hybridized carbons (Fsp3) is 0.400. The summed E-state index contributed by atoms with van der Waals surface area (Å²) in [6, 6.07) is 9.97. The predicted octanol–water partition coefficient (Wildman–Crippen LogP) is 4.36. The van der Waals surface area contributed by atoms with Gasteiger partial charge in [-0.3, -0.25) is 9.78 Å². The number of aryl methyl sites for hydroxylation is 1. The number of nitrogens with zero attached hydrogens (tertiary/aromatic N) is 1. The second kappa shape index (κ2) is 6.95. The molecule has 1 aromatic carbocycles. The van der Waals surface area contributed by atoms with Gasteiger partial charge in [-0.2, -0.15) is 0 Å². The molecular formula is C20H24N2O. The maximum atomic E-state index is 12.8. The van der Waals surface area contributed by atoms with Crippen LogP contribution in [-0.4, -0.2) is 10.9 Å². The van der Waals surface area contributed by atoms with Gasteiger partial charge in [0.15, 0.2) is 0 Å². The summed E-state index contributed by atoms with van der Waals surface area (Å²) in [7, 11) is 0. The molecule has 3 rings (SSSR count). The van der Waals surface area contributed by atoms with E-state index in [1.54, 1.807) is 6.20 Å². The Morgan fingerprint density at radius 3 is 2.65 bits per heavy atom. The van der Waals surface area contributed by atoms with Crippen LogP contribution in [0.5, 0.6) is 0 Å². The Bertz CT molecular complexity index is 675. The summed E-state index contributed by atoms with van der Waals surface area (Å²) >= 11 is 0. The van der Waals surface area contributed by atoms with Gasteiger partial charge in [-0.15, -0.1) is 0 Å². The molecule has 1 aromatic heterocycles. The molecule has 1 saturated carbocycles. The van der Waals surface area contributed by atoms with Crippen LogP contribution in [0.15, 0.2) is 42.7 Å². The number of carbonyl (C=O) groups is 1. The molecule has 0 aliphatic heterocycles. The molecule has 120 valence electrons. The van der Waals surface area contributed by atoms with E-state index in [9.17, 15) is 4.79 Å². The zero-order valence-electron chi connectivity index (χ0n) is 13.9. The summed E-state index contributed by atoms with van der Waals surface area (Å²) in [6.45, 7) is 4.06.